The standard InChI is InChI=1S/C56H78N2O12S2/c1-35-16-26-71-50(35)38-11-9-37(10-12-38)36(2)57-51(64)46-30-41(60)32-58(46)52(65)45(53(3,4)5)29-42(61)33-68-24-22-66-20-21-67-23-25-69-34-49(63)72-47-28-39-27-40(59)13-18-55(39,7)44-14-17-54(6,31-43(44)47)56(8)19-15-48(62)70-56/h9-12,16,26-27,36,41,43-47,60H,13-15,17-25,28-34H2,1-8H3,(H,57,64)/t36-,41+,43?,44?,45+,46-,47+,54?,55?,56+/m0/s1. The third-order valence-corrected chi connectivity index (χ3v) is 19.0. The normalized spacial score (nSPS) is 29.2. The van der Waals surface area contributed by atoms with Gasteiger partial charge in [0.15, 0.2) is 11.6 Å². The van der Waals surface area contributed by atoms with Crippen LogP contribution in [0.4, 0.5) is 0 Å². The second-order valence-electron chi connectivity index (χ2n) is 22.7. The number of allylic oxidation sites excluding steroid dienone is 2. The first-order valence-corrected chi connectivity index (χ1v) is 27.8. The number of nitrogens with one attached hydrogen (secondary N) is 1. The van der Waals surface area contributed by atoms with Crippen LogP contribution in [0.2, 0.25) is 0 Å². The number of hydrogen-bond donors (Lipinski definition) is 2. The topological polar surface area (TPSA) is 184 Å². The number of amides is 2. The van der Waals surface area contributed by atoms with Crippen molar-refractivity contribution in [2.45, 2.75) is 149 Å². The van der Waals surface area contributed by atoms with Gasteiger partial charge in [0.25, 0.3) is 0 Å². The fourth-order valence-corrected chi connectivity index (χ4v) is 14.2. The zero-order valence-electron chi connectivity index (χ0n) is 43.7. The number of aliphatic hydroxyl groups excluding tert-OH is 1. The molecule has 1 aromatic heterocycles. The van der Waals surface area contributed by atoms with E-state index in [-0.39, 0.29) is 122 Å². The molecule has 0 bridgehead atoms. The van der Waals surface area contributed by atoms with Crippen molar-refractivity contribution >= 4 is 57.6 Å². The van der Waals surface area contributed by atoms with Crippen LogP contribution in [0.3, 0.4) is 0 Å². The Morgan fingerprint density at radius 1 is 0.917 bits per heavy atom. The number of hydrogen-bond acceptors (Lipinski definition) is 14. The number of ether oxygens (including phenoxy) is 5. The van der Waals surface area contributed by atoms with Gasteiger partial charge in [-0.25, -0.2) is 0 Å². The highest BCUT2D eigenvalue weighted by atomic mass is 32.2. The van der Waals surface area contributed by atoms with E-state index in [2.05, 4.69) is 44.5 Å². The van der Waals surface area contributed by atoms with Gasteiger partial charge in [-0.15, -0.1) is 11.3 Å². The Labute approximate surface area is 434 Å². The van der Waals surface area contributed by atoms with Crippen molar-refractivity contribution in [1.82, 2.24) is 10.2 Å². The SMILES string of the molecule is Cc1ccsc1-c1ccc([C@H](C)NC(=O)[C@@H]2C[C@@H](O)CN2C(=O)[C@@H](CC(=O)COCCOCCOCCOCC(=O)S[C@@H]2CC3=CC(=O)CCC3(C)C3CCC(C)([C@@]4(C)CCC(=O)O4)CC32)C(C)(C)C)cc1. The molecule has 7 rings (SSSR count). The first kappa shape index (κ1) is 56.0. The maximum Gasteiger partial charge on any atom is 0.306 e. The molecule has 72 heavy (non-hydrogen) atoms. The van der Waals surface area contributed by atoms with E-state index in [0.717, 1.165) is 36.8 Å². The molecule has 3 heterocycles. The molecular formula is C56H78N2O12S2. The van der Waals surface area contributed by atoms with Crippen molar-refractivity contribution in [2.24, 2.45) is 34.0 Å². The molecular weight excluding hydrogens is 957 g/mol. The van der Waals surface area contributed by atoms with Crippen molar-refractivity contribution in [3.05, 3.63) is 58.5 Å². The Balaban J connectivity index is 0.774. The lowest BCUT2D eigenvalue weighted by molar-refractivity contribution is -0.165. The average Bonchev–Trinajstić information content (AvgIpc) is 4.06. The highest BCUT2D eigenvalue weighted by molar-refractivity contribution is 8.14. The van der Waals surface area contributed by atoms with Crippen LogP contribution in [-0.4, -0.2) is 127 Å². The molecule has 2 aliphatic heterocycles. The lowest BCUT2D eigenvalue weighted by Gasteiger charge is -2.59. The van der Waals surface area contributed by atoms with Gasteiger partial charge in [-0.2, -0.15) is 0 Å². The molecule has 10 atom stereocenters. The van der Waals surface area contributed by atoms with Gasteiger partial charge in [-0.3, -0.25) is 28.8 Å². The van der Waals surface area contributed by atoms with E-state index >= 15 is 0 Å². The second-order valence-corrected chi connectivity index (χ2v) is 24.9. The molecule has 3 aliphatic carbocycles. The second kappa shape index (κ2) is 23.8. The summed E-state index contributed by atoms with van der Waals surface area (Å²) < 4.78 is 28.6. The zero-order valence-corrected chi connectivity index (χ0v) is 45.4. The molecule has 2 aromatic rings. The summed E-state index contributed by atoms with van der Waals surface area (Å²) in [6, 6.07) is 8.97. The Morgan fingerprint density at radius 3 is 2.21 bits per heavy atom. The molecule has 16 heteroatoms. The minimum absolute atomic E-state index is 0.00753. The zero-order chi connectivity index (χ0) is 52.0. The molecule has 2 saturated heterocycles. The predicted molar refractivity (Wildman–Crippen MR) is 277 cm³/mol. The van der Waals surface area contributed by atoms with Gasteiger partial charge in [0.05, 0.1) is 51.8 Å². The molecule has 396 valence electrons. The summed E-state index contributed by atoms with van der Waals surface area (Å²) in [6.07, 6.45) is 7.06. The smallest absolute Gasteiger partial charge is 0.306 e. The van der Waals surface area contributed by atoms with Crippen molar-refractivity contribution in [1.29, 1.82) is 0 Å². The van der Waals surface area contributed by atoms with Crippen molar-refractivity contribution in [3.63, 3.8) is 0 Å². The highest BCUT2D eigenvalue weighted by Crippen LogP contribution is 2.64. The number of aryl methyl sites for hydroxylation is 1. The molecule has 0 spiro atoms. The number of β-amino-alcohol motifs (C(OH)–C–C–N with tert-alkyl or cyclic N) is 1. The molecule has 2 amide bonds. The van der Waals surface area contributed by atoms with E-state index in [4.69, 9.17) is 23.7 Å². The maximum absolute atomic E-state index is 14.1. The minimum Gasteiger partial charge on any atom is -0.459 e. The number of carbonyl (C=O) groups excluding carboxylic acids is 6. The number of fused-ring (bicyclic) bond motifs is 3. The highest BCUT2D eigenvalue weighted by Gasteiger charge is 2.60. The number of benzene rings is 1. The quantitative estimate of drug-likeness (QED) is 0.0848. The first-order chi connectivity index (χ1) is 34.1. The Bertz CT molecular complexity index is 2310. The van der Waals surface area contributed by atoms with Crippen LogP contribution >= 0.6 is 23.1 Å². The molecule has 4 fully saturated rings. The van der Waals surface area contributed by atoms with Crippen molar-refractivity contribution in [2.75, 3.05) is 59.4 Å². The minimum atomic E-state index is -0.866. The number of carbonyl (C=O) groups is 6. The van der Waals surface area contributed by atoms with Crippen molar-refractivity contribution in [3.8, 4) is 10.4 Å². The Kier molecular flexibility index (Phi) is 18.5. The Hall–Kier alpha value is -3.77. The number of esters is 1. The van der Waals surface area contributed by atoms with Gasteiger partial charge in [0.1, 0.15) is 24.9 Å². The first-order valence-electron chi connectivity index (χ1n) is 26.0. The number of likely N-dealkylation sites (tertiary alicyclic amines) is 1. The van der Waals surface area contributed by atoms with Crippen LogP contribution in [-0.2, 0) is 52.5 Å². The molecule has 14 nitrogen and oxygen atoms in total. The lowest BCUT2D eigenvalue weighted by atomic mass is 9.48. The average molecular weight is 1040 g/mol. The van der Waals surface area contributed by atoms with Gasteiger partial charge < -0.3 is 39.0 Å². The van der Waals surface area contributed by atoms with Crippen LogP contribution in [0.25, 0.3) is 10.4 Å². The van der Waals surface area contributed by atoms with Crippen LogP contribution in [0.5, 0.6) is 0 Å². The van der Waals surface area contributed by atoms with Crippen molar-refractivity contribution < 1.29 is 57.6 Å². The summed E-state index contributed by atoms with van der Waals surface area (Å²) in [5.41, 5.74) is 3.03. The number of nitrogens with zero attached hydrogens (tertiary/aromatic N) is 1. The number of rotatable bonds is 22. The maximum atomic E-state index is 14.1. The molecule has 2 saturated carbocycles. The predicted octanol–water partition coefficient (Wildman–Crippen LogP) is 8.40. The van der Waals surface area contributed by atoms with Gasteiger partial charge >= 0.3 is 5.97 Å². The number of Topliss-reactive ketones (excluding diaryl/α,β-unsaturated/α-hetero) is 1. The third kappa shape index (κ3) is 13.2. The number of ketones is 2. The largest absolute Gasteiger partial charge is 0.459 e. The number of aliphatic hydroxyl groups is 1. The molecule has 1 aromatic carbocycles. The van der Waals surface area contributed by atoms with Crippen LogP contribution in [0.15, 0.2) is 47.4 Å². The van der Waals surface area contributed by atoms with Crippen LogP contribution in [0, 0.1) is 40.9 Å². The van der Waals surface area contributed by atoms with E-state index < -0.39 is 29.1 Å². The van der Waals surface area contributed by atoms with Crippen LogP contribution < -0.4 is 5.32 Å². The fourth-order valence-electron chi connectivity index (χ4n) is 12.1. The number of thioether (sulfide) groups is 1. The fraction of sp³-hybridized carbons (Fsp3) is 0.679. The van der Waals surface area contributed by atoms with E-state index in [1.54, 1.807) is 11.3 Å². The van der Waals surface area contributed by atoms with Gasteiger partial charge in [0.2, 0.25) is 16.9 Å². The third-order valence-electron chi connectivity index (χ3n) is 16.7. The molecule has 4 unspecified atom stereocenters. The van der Waals surface area contributed by atoms with Crippen LogP contribution in [0.1, 0.15) is 130 Å². The van der Waals surface area contributed by atoms with Gasteiger partial charge in [-0.05, 0) is 116 Å². The lowest BCUT2D eigenvalue weighted by Crippen LogP contribution is -2.55. The molecule has 5 aliphatic rings. The number of thiophene rings is 1. The molecule has 2 N–H and O–H groups in total. The van der Waals surface area contributed by atoms with E-state index in [1.807, 2.05) is 58.0 Å². The summed E-state index contributed by atoms with van der Waals surface area (Å²) in [5.74, 6) is -1.05. The van der Waals surface area contributed by atoms with E-state index in [0.29, 0.717) is 44.8 Å². The summed E-state index contributed by atoms with van der Waals surface area (Å²) in [5, 5.41) is 15.7. The summed E-state index contributed by atoms with van der Waals surface area (Å²) >= 11 is 3.03. The Morgan fingerprint density at radius 2 is 1.58 bits per heavy atom. The molecule has 0 radical (unpaired) electrons. The number of cyclic esters (lactones) is 1. The van der Waals surface area contributed by atoms with Gasteiger partial charge in [0, 0.05) is 53.7 Å². The summed E-state index contributed by atoms with van der Waals surface area (Å²) in [6.45, 7) is 17.6. The van der Waals surface area contributed by atoms with E-state index in [9.17, 15) is 33.9 Å². The summed E-state index contributed by atoms with van der Waals surface area (Å²) in [7, 11) is 0. The van der Waals surface area contributed by atoms with Gasteiger partial charge in [-0.1, -0.05) is 76.2 Å². The van der Waals surface area contributed by atoms with E-state index in [1.165, 1.54) is 32.7 Å². The summed E-state index contributed by atoms with van der Waals surface area (Å²) in [4.78, 5) is 81.9. The monoisotopic (exact) mass is 1030 g/mol.